The van der Waals surface area contributed by atoms with Crippen LogP contribution >= 0.6 is 63.7 Å². The molecule has 0 saturated carbocycles. The topological polar surface area (TPSA) is 75.0 Å². The predicted octanol–water partition coefficient (Wildman–Crippen LogP) is 10.3. The molecule has 2 fully saturated rings. The highest BCUT2D eigenvalue weighted by Gasteiger charge is 2.34. The number of ether oxygens (including phenoxy) is 1. The van der Waals surface area contributed by atoms with E-state index < -0.39 is 11.5 Å². The standard InChI is InChI=1S/C24H27Br2N3O3.C19H19Br2F2N3/c1-24(2,3)32-23(31)28-10-8-27(9-11-28)14-18(30)15-29-21-6-4-16(25)12-19(21)20-13-17(26)5-7-22(20)29;20-13-1-3-17-15(9-13)16-10-14(21)2-4-18(16)26(17)12-19(22,23)11-25-7-5-24-6-8-25/h4-7,12-13H,8-11,14-15H2,1-3H3;1-4,9-10,24H,5-8,11-12H2. The molecule has 58 heavy (non-hydrogen) atoms. The Morgan fingerprint density at radius 1 is 0.603 bits per heavy atom. The van der Waals surface area contributed by atoms with Crippen molar-refractivity contribution in [3.05, 3.63) is 90.7 Å². The van der Waals surface area contributed by atoms with Gasteiger partial charge in [-0.2, -0.15) is 0 Å². The molecule has 4 heterocycles. The van der Waals surface area contributed by atoms with Gasteiger partial charge in [0, 0.05) is 114 Å². The first-order valence-electron chi connectivity index (χ1n) is 19.3. The second-order valence-corrected chi connectivity index (χ2v) is 19.6. The summed E-state index contributed by atoms with van der Waals surface area (Å²) in [6.45, 7) is 11.1. The number of rotatable bonds is 8. The minimum Gasteiger partial charge on any atom is -0.444 e. The third-order valence-corrected chi connectivity index (χ3v) is 12.4. The van der Waals surface area contributed by atoms with Gasteiger partial charge in [-0.15, -0.1) is 0 Å². The number of ketones is 1. The summed E-state index contributed by atoms with van der Waals surface area (Å²) in [5.41, 5.74) is 3.26. The Morgan fingerprint density at radius 2 is 1.03 bits per heavy atom. The first-order chi connectivity index (χ1) is 27.5. The van der Waals surface area contributed by atoms with Gasteiger partial charge in [-0.25, -0.2) is 13.6 Å². The summed E-state index contributed by atoms with van der Waals surface area (Å²) in [5, 5.41) is 7.40. The van der Waals surface area contributed by atoms with E-state index in [1.54, 1.807) is 9.47 Å². The number of alkyl halides is 2. The summed E-state index contributed by atoms with van der Waals surface area (Å²) in [5.74, 6) is -2.64. The summed E-state index contributed by atoms with van der Waals surface area (Å²) >= 11 is 14.1. The van der Waals surface area contributed by atoms with Crippen molar-refractivity contribution >= 4 is 119 Å². The zero-order valence-corrected chi connectivity index (χ0v) is 39.0. The maximum absolute atomic E-state index is 14.9. The Kier molecular flexibility index (Phi) is 13.4. The van der Waals surface area contributed by atoms with Crippen LogP contribution in [0.1, 0.15) is 20.8 Å². The van der Waals surface area contributed by atoms with Crippen LogP contribution in [0.25, 0.3) is 43.6 Å². The molecule has 2 saturated heterocycles. The molecule has 0 radical (unpaired) electrons. The average molecular weight is 1050 g/mol. The van der Waals surface area contributed by atoms with E-state index in [0.717, 1.165) is 74.6 Å². The number of aromatic nitrogens is 2. The van der Waals surface area contributed by atoms with Crippen molar-refractivity contribution < 1.29 is 23.1 Å². The largest absolute Gasteiger partial charge is 0.444 e. The third kappa shape index (κ3) is 10.3. The van der Waals surface area contributed by atoms with E-state index in [1.165, 1.54) is 0 Å². The molecule has 0 spiro atoms. The number of amides is 1. The molecular weight excluding hydrogens is 1010 g/mol. The first-order valence-corrected chi connectivity index (χ1v) is 22.5. The number of nitrogens with zero attached hydrogens (tertiary/aromatic N) is 5. The number of hydrogen-bond acceptors (Lipinski definition) is 6. The van der Waals surface area contributed by atoms with Gasteiger partial charge in [-0.3, -0.25) is 14.6 Å². The van der Waals surface area contributed by atoms with Crippen molar-refractivity contribution in [2.75, 3.05) is 65.4 Å². The van der Waals surface area contributed by atoms with E-state index in [2.05, 4.69) is 103 Å². The molecule has 1 amide bonds. The lowest BCUT2D eigenvalue weighted by Crippen LogP contribution is -2.51. The second-order valence-electron chi connectivity index (χ2n) is 16.0. The zero-order valence-electron chi connectivity index (χ0n) is 32.6. The normalized spacial score (nSPS) is 16.0. The fraction of sp³-hybridized carbons (Fsp3) is 0.395. The van der Waals surface area contributed by atoms with E-state index in [-0.39, 0.29) is 25.0 Å². The molecule has 15 heteroatoms. The number of fused-ring (bicyclic) bond motifs is 6. The summed E-state index contributed by atoms with van der Waals surface area (Å²) in [7, 11) is 0. The summed E-state index contributed by atoms with van der Waals surface area (Å²) in [6, 6.07) is 23.9. The summed E-state index contributed by atoms with van der Waals surface area (Å²) in [6.07, 6.45) is -0.286. The van der Waals surface area contributed by atoms with Crippen LogP contribution in [0.15, 0.2) is 90.7 Å². The number of carbonyl (C=O) groups excluding carboxylic acids is 2. The van der Waals surface area contributed by atoms with Gasteiger partial charge < -0.3 is 24.1 Å². The fourth-order valence-corrected chi connectivity index (χ4v) is 9.25. The highest BCUT2D eigenvalue weighted by Crippen LogP contribution is 2.36. The Hall–Kier alpha value is -2.92. The van der Waals surface area contributed by atoms with Crippen molar-refractivity contribution in [1.29, 1.82) is 0 Å². The smallest absolute Gasteiger partial charge is 0.410 e. The lowest BCUT2D eigenvalue weighted by Gasteiger charge is -2.35. The molecule has 1 N–H and O–H groups in total. The van der Waals surface area contributed by atoms with Crippen molar-refractivity contribution in [2.24, 2.45) is 0 Å². The molecule has 0 aliphatic carbocycles. The molecule has 0 atom stereocenters. The van der Waals surface area contributed by atoms with Crippen molar-refractivity contribution in [1.82, 2.24) is 29.2 Å². The van der Waals surface area contributed by atoms with Crippen molar-refractivity contribution in [2.45, 2.75) is 45.4 Å². The van der Waals surface area contributed by atoms with Crippen LogP contribution in [0.4, 0.5) is 13.6 Å². The molecule has 0 bridgehead atoms. The van der Waals surface area contributed by atoms with E-state index in [4.69, 9.17) is 4.74 Å². The number of Topliss-reactive ketones (excluding diaryl/α,β-unsaturated/α-hetero) is 1. The first kappa shape index (κ1) is 43.2. The number of nitrogens with one attached hydrogen (secondary N) is 1. The molecule has 8 rings (SSSR count). The second kappa shape index (κ2) is 18.0. The Labute approximate surface area is 370 Å². The molecule has 4 aromatic carbocycles. The van der Waals surface area contributed by atoms with E-state index in [1.807, 2.05) is 74.2 Å². The molecule has 2 aromatic heterocycles. The molecular formula is C43H46Br4F2N6O3. The van der Waals surface area contributed by atoms with Gasteiger partial charge in [-0.05, 0) is 93.6 Å². The van der Waals surface area contributed by atoms with Crippen LogP contribution < -0.4 is 5.32 Å². The monoisotopic (exact) mass is 1050 g/mol. The minimum atomic E-state index is -2.80. The van der Waals surface area contributed by atoms with Gasteiger partial charge in [0.1, 0.15) is 5.60 Å². The lowest BCUT2D eigenvalue weighted by atomic mass is 10.2. The van der Waals surface area contributed by atoms with Crippen LogP contribution in [0.3, 0.4) is 0 Å². The number of hydrogen-bond donors (Lipinski definition) is 1. The highest BCUT2D eigenvalue weighted by molar-refractivity contribution is 9.11. The molecule has 2 aliphatic heterocycles. The van der Waals surface area contributed by atoms with Crippen molar-refractivity contribution in [3.8, 4) is 0 Å². The summed E-state index contributed by atoms with van der Waals surface area (Å²) < 4.78 is 43.0. The predicted molar refractivity (Wildman–Crippen MR) is 243 cm³/mol. The van der Waals surface area contributed by atoms with Gasteiger partial charge in [0.25, 0.3) is 5.92 Å². The molecule has 0 unspecified atom stereocenters. The quantitative estimate of drug-likeness (QED) is 0.164. The van der Waals surface area contributed by atoms with Gasteiger partial charge >= 0.3 is 6.09 Å². The van der Waals surface area contributed by atoms with Crippen LogP contribution in [-0.2, 0) is 22.6 Å². The fourth-order valence-electron chi connectivity index (χ4n) is 7.81. The summed E-state index contributed by atoms with van der Waals surface area (Å²) in [4.78, 5) is 31.0. The minimum absolute atomic E-state index is 0.153. The number of benzene rings is 4. The van der Waals surface area contributed by atoms with Crippen LogP contribution in [0.5, 0.6) is 0 Å². The Morgan fingerprint density at radius 3 is 1.47 bits per heavy atom. The maximum Gasteiger partial charge on any atom is 0.410 e. The Bertz CT molecular complexity index is 2350. The van der Waals surface area contributed by atoms with Crippen LogP contribution in [0, 0.1) is 0 Å². The Balaban J connectivity index is 0.000000180. The molecule has 308 valence electrons. The number of carbonyl (C=O) groups is 2. The SMILES string of the molecule is CC(C)(C)OC(=O)N1CCN(CC(=O)Cn2c3ccc(Br)cc3c3cc(Br)ccc32)CC1.FC(F)(CN1CCNCC1)Cn1c2ccc(Br)cc2c2cc(Br)ccc21. The zero-order chi connectivity index (χ0) is 41.4. The van der Waals surface area contributed by atoms with E-state index >= 15 is 0 Å². The molecule has 9 nitrogen and oxygen atoms in total. The van der Waals surface area contributed by atoms with Gasteiger partial charge in [0.05, 0.1) is 26.2 Å². The van der Waals surface area contributed by atoms with Gasteiger partial charge in [0.2, 0.25) is 0 Å². The maximum atomic E-state index is 14.9. The molecule has 6 aromatic rings. The number of piperazine rings is 2. The highest BCUT2D eigenvalue weighted by atomic mass is 79.9. The van der Waals surface area contributed by atoms with Crippen molar-refractivity contribution in [3.63, 3.8) is 0 Å². The average Bonchev–Trinajstić information content (AvgIpc) is 3.61. The van der Waals surface area contributed by atoms with Crippen LogP contribution in [-0.4, -0.2) is 113 Å². The molecule has 2 aliphatic rings. The van der Waals surface area contributed by atoms with Gasteiger partial charge in [-0.1, -0.05) is 63.7 Å². The lowest BCUT2D eigenvalue weighted by molar-refractivity contribution is -0.121. The van der Waals surface area contributed by atoms with Crippen LogP contribution in [0.2, 0.25) is 0 Å². The van der Waals surface area contributed by atoms with E-state index in [0.29, 0.717) is 52.4 Å². The number of halogens is 6. The third-order valence-electron chi connectivity index (χ3n) is 10.4. The van der Waals surface area contributed by atoms with Gasteiger partial charge in [0.15, 0.2) is 5.78 Å². The van der Waals surface area contributed by atoms with E-state index in [9.17, 15) is 18.4 Å².